The Morgan fingerprint density at radius 2 is 1.75 bits per heavy atom. The van der Waals surface area contributed by atoms with Gasteiger partial charge < -0.3 is 0 Å². The number of unbranched alkanes of at least 4 members (excludes halogenated alkanes) is 5. The van der Waals surface area contributed by atoms with E-state index in [9.17, 15) is 0 Å². The summed E-state index contributed by atoms with van der Waals surface area (Å²) >= 11 is 5.97. The van der Waals surface area contributed by atoms with Gasteiger partial charge in [0.2, 0.25) is 0 Å². The molecule has 0 radical (unpaired) electrons. The van der Waals surface area contributed by atoms with Crippen LogP contribution in [0.25, 0.3) is 0 Å². The number of aryl methyl sites for hydroxylation is 1. The van der Waals surface area contributed by atoms with Crippen molar-refractivity contribution in [2.75, 3.05) is 0 Å². The van der Waals surface area contributed by atoms with Crippen LogP contribution in [0.2, 0.25) is 0 Å². The number of hydrogen-bond acceptors (Lipinski definition) is 0. The molecule has 0 aromatic heterocycles. The summed E-state index contributed by atoms with van der Waals surface area (Å²) in [5.41, 5.74) is 1.49. The summed E-state index contributed by atoms with van der Waals surface area (Å²) in [7, 11) is 0. The van der Waals surface area contributed by atoms with Crippen molar-refractivity contribution >= 4 is 38.5 Å². The van der Waals surface area contributed by atoms with Gasteiger partial charge in [0, 0.05) is 8.04 Å². The largest absolute Gasteiger partial charge is 0.0654 e. The summed E-state index contributed by atoms with van der Waals surface area (Å²) in [5.74, 6) is 0. The summed E-state index contributed by atoms with van der Waals surface area (Å²) in [5, 5.41) is 0. The molecule has 0 aliphatic rings. The van der Waals surface area contributed by atoms with E-state index in [1.54, 1.807) is 0 Å². The third-order valence-corrected chi connectivity index (χ3v) is 4.35. The average molecular weight is 395 g/mol. The van der Waals surface area contributed by atoms with Crippen molar-refractivity contribution in [2.24, 2.45) is 0 Å². The summed E-state index contributed by atoms with van der Waals surface area (Å²) in [4.78, 5) is 0. The lowest BCUT2D eigenvalue weighted by Gasteiger charge is -2.05. The van der Waals surface area contributed by atoms with Crippen LogP contribution in [-0.4, -0.2) is 0 Å². The van der Waals surface area contributed by atoms with Crippen LogP contribution < -0.4 is 0 Å². The van der Waals surface area contributed by atoms with Crippen LogP contribution in [0, 0.1) is 3.57 Å². The molecule has 0 saturated heterocycles. The summed E-state index contributed by atoms with van der Waals surface area (Å²) in [6, 6.07) is 6.57. The maximum atomic E-state index is 3.54. The Hall–Kier alpha value is 0.430. The van der Waals surface area contributed by atoms with Crippen molar-refractivity contribution in [2.45, 2.75) is 51.9 Å². The van der Waals surface area contributed by atoms with Gasteiger partial charge >= 0.3 is 0 Å². The predicted octanol–water partition coefficient (Wildman–Crippen LogP) is 5.96. The van der Waals surface area contributed by atoms with E-state index in [-0.39, 0.29) is 0 Å². The molecule has 0 saturated carbocycles. The second kappa shape index (κ2) is 8.51. The zero-order valence-electron chi connectivity index (χ0n) is 9.94. The topological polar surface area (TPSA) is 0 Å². The molecule has 1 aromatic carbocycles. The molecule has 0 unspecified atom stereocenters. The van der Waals surface area contributed by atoms with E-state index in [2.05, 4.69) is 63.6 Å². The van der Waals surface area contributed by atoms with Gasteiger partial charge in [-0.3, -0.25) is 0 Å². The number of rotatable bonds is 7. The Morgan fingerprint density at radius 3 is 2.50 bits per heavy atom. The van der Waals surface area contributed by atoms with Gasteiger partial charge in [0.1, 0.15) is 0 Å². The third kappa shape index (κ3) is 5.67. The van der Waals surface area contributed by atoms with Gasteiger partial charge in [-0.1, -0.05) is 55.0 Å². The Morgan fingerprint density at radius 1 is 1.06 bits per heavy atom. The minimum Gasteiger partial charge on any atom is -0.0654 e. The maximum Gasteiger partial charge on any atom is 0.0178 e. The SMILES string of the molecule is CCCCCCCCc1cc(Br)ccc1I. The zero-order chi connectivity index (χ0) is 11.8. The molecule has 0 aliphatic heterocycles. The quantitative estimate of drug-likeness (QED) is 0.395. The van der Waals surface area contributed by atoms with Gasteiger partial charge in [-0.25, -0.2) is 0 Å². The first-order valence-electron chi connectivity index (χ1n) is 6.18. The van der Waals surface area contributed by atoms with Crippen LogP contribution in [0.3, 0.4) is 0 Å². The van der Waals surface area contributed by atoms with E-state index in [0.29, 0.717) is 0 Å². The molecule has 90 valence electrons. The molecule has 0 heterocycles. The minimum absolute atomic E-state index is 1.20. The van der Waals surface area contributed by atoms with Crippen molar-refractivity contribution in [3.63, 3.8) is 0 Å². The molecule has 0 aliphatic carbocycles. The molecule has 0 atom stereocenters. The molecule has 1 aromatic rings. The molecule has 0 spiro atoms. The number of hydrogen-bond donors (Lipinski definition) is 0. The smallest absolute Gasteiger partial charge is 0.0178 e. The molecule has 0 fully saturated rings. The molecule has 0 nitrogen and oxygen atoms in total. The van der Waals surface area contributed by atoms with Gasteiger partial charge in [0.15, 0.2) is 0 Å². The van der Waals surface area contributed by atoms with Gasteiger partial charge in [0.05, 0.1) is 0 Å². The molecule has 16 heavy (non-hydrogen) atoms. The summed E-state index contributed by atoms with van der Waals surface area (Å²) in [6.07, 6.45) is 9.48. The lowest BCUT2D eigenvalue weighted by Crippen LogP contribution is -1.90. The van der Waals surface area contributed by atoms with Crippen molar-refractivity contribution in [1.29, 1.82) is 0 Å². The molecule has 0 bridgehead atoms. The first kappa shape index (κ1) is 14.5. The summed E-state index contributed by atoms with van der Waals surface area (Å²) < 4.78 is 2.60. The molecule has 1 rings (SSSR count). The van der Waals surface area contributed by atoms with Crippen LogP contribution in [0.1, 0.15) is 51.0 Å². The fourth-order valence-corrected chi connectivity index (χ4v) is 2.84. The van der Waals surface area contributed by atoms with Crippen molar-refractivity contribution in [1.82, 2.24) is 0 Å². The normalized spacial score (nSPS) is 10.7. The van der Waals surface area contributed by atoms with Crippen LogP contribution in [0.4, 0.5) is 0 Å². The highest BCUT2D eigenvalue weighted by Crippen LogP contribution is 2.20. The lowest BCUT2D eigenvalue weighted by atomic mass is 10.1. The fraction of sp³-hybridized carbons (Fsp3) is 0.571. The highest BCUT2D eigenvalue weighted by molar-refractivity contribution is 14.1. The molecule has 2 heteroatoms. The Bertz CT molecular complexity index is 310. The highest BCUT2D eigenvalue weighted by atomic mass is 127. The third-order valence-electron chi connectivity index (χ3n) is 2.81. The van der Waals surface area contributed by atoms with Gasteiger partial charge in [0.25, 0.3) is 0 Å². The standard InChI is InChI=1S/C14H20BrI/c1-2-3-4-5-6-7-8-12-11-13(15)9-10-14(12)16/h9-11H,2-8H2,1H3. The maximum absolute atomic E-state index is 3.54. The highest BCUT2D eigenvalue weighted by Gasteiger charge is 2.00. The first-order valence-corrected chi connectivity index (χ1v) is 8.05. The average Bonchev–Trinajstić information content (AvgIpc) is 2.28. The van der Waals surface area contributed by atoms with Gasteiger partial charge in [-0.05, 0) is 59.2 Å². The molecule has 0 N–H and O–H groups in total. The van der Waals surface area contributed by atoms with E-state index in [1.807, 2.05) is 0 Å². The van der Waals surface area contributed by atoms with E-state index in [1.165, 1.54) is 58.6 Å². The van der Waals surface area contributed by atoms with E-state index < -0.39 is 0 Å². The predicted molar refractivity (Wildman–Crippen MR) is 83.9 cm³/mol. The lowest BCUT2D eigenvalue weighted by molar-refractivity contribution is 0.607. The first-order chi connectivity index (χ1) is 7.74. The molecular weight excluding hydrogens is 375 g/mol. The van der Waals surface area contributed by atoms with E-state index in [0.717, 1.165) is 0 Å². The molecule has 0 amide bonds. The van der Waals surface area contributed by atoms with Crippen molar-refractivity contribution in [3.8, 4) is 0 Å². The zero-order valence-corrected chi connectivity index (χ0v) is 13.7. The van der Waals surface area contributed by atoms with Crippen LogP contribution in [0.5, 0.6) is 0 Å². The van der Waals surface area contributed by atoms with Crippen molar-refractivity contribution < 1.29 is 0 Å². The second-order valence-electron chi connectivity index (χ2n) is 4.25. The van der Waals surface area contributed by atoms with Crippen LogP contribution >= 0.6 is 38.5 Å². The number of benzene rings is 1. The van der Waals surface area contributed by atoms with Crippen LogP contribution in [-0.2, 0) is 6.42 Å². The van der Waals surface area contributed by atoms with E-state index in [4.69, 9.17) is 0 Å². The van der Waals surface area contributed by atoms with E-state index >= 15 is 0 Å². The Kier molecular flexibility index (Phi) is 7.71. The second-order valence-corrected chi connectivity index (χ2v) is 6.33. The Labute approximate surface area is 121 Å². The van der Waals surface area contributed by atoms with Crippen LogP contribution in [0.15, 0.2) is 22.7 Å². The Balaban J connectivity index is 2.23. The van der Waals surface area contributed by atoms with Crippen molar-refractivity contribution in [3.05, 3.63) is 31.8 Å². The van der Waals surface area contributed by atoms with Gasteiger partial charge in [-0.15, -0.1) is 0 Å². The number of halogens is 2. The fourth-order valence-electron chi connectivity index (χ4n) is 1.83. The summed E-state index contributed by atoms with van der Waals surface area (Å²) in [6.45, 7) is 2.27. The molecular formula is C14H20BrI. The monoisotopic (exact) mass is 394 g/mol. The minimum atomic E-state index is 1.20. The van der Waals surface area contributed by atoms with Gasteiger partial charge in [-0.2, -0.15) is 0 Å².